The van der Waals surface area contributed by atoms with E-state index in [0.717, 1.165) is 6.42 Å². The second-order valence-electron chi connectivity index (χ2n) is 4.87. The first kappa shape index (κ1) is 16.9. The first-order valence-electron chi connectivity index (χ1n) is 6.16. The smallest absolute Gasteiger partial charge is 0.282 e. The molecule has 0 heterocycles. The fraction of sp³-hybridized carbons (Fsp3) is 0.462. The van der Waals surface area contributed by atoms with E-state index in [0.29, 0.717) is 16.3 Å². The average molecular weight is 364 g/mol. The highest BCUT2D eigenvalue weighted by atomic mass is 79.9. The Bertz CT molecular complexity index is 508. The number of alkyl halides is 1. The minimum absolute atomic E-state index is 0.0165. The summed E-state index contributed by atoms with van der Waals surface area (Å²) in [5.74, 6) is -0.0727. The number of hydrogen-bond acceptors (Lipinski definition) is 3. The zero-order valence-electron chi connectivity index (χ0n) is 11.2. The van der Waals surface area contributed by atoms with Crippen LogP contribution in [-0.4, -0.2) is 22.2 Å². The molecule has 110 valence electrons. The van der Waals surface area contributed by atoms with E-state index in [1.165, 1.54) is 18.2 Å². The lowest BCUT2D eigenvalue weighted by Gasteiger charge is -2.18. The number of nitro groups is 1. The first-order valence-corrected chi connectivity index (χ1v) is 7.65. The maximum Gasteiger partial charge on any atom is 0.282 e. The molecule has 0 spiro atoms. The van der Waals surface area contributed by atoms with Crippen molar-refractivity contribution < 1.29 is 9.72 Å². The number of hydrogen-bond donors (Lipinski definition) is 1. The van der Waals surface area contributed by atoms with Gasteiger partial charge in [-0.05, 0) is 24.5 Å². The van der Waals surface area contributed by atoms with Crippen molar-refractivity contribution in [1.82, 2.24) is 5.32 Å². The van der Waals surface area contributed by atoms with E-state index in [9.17, 15) is 14.9 Å². The Morgan fingerprint density at radius 2 is 2.15 bits per heavy atom. The highest BCUT2D eigenvalue weighted by molar-refractivity contribution is 9.09. The quantitative estimate of drug-likeness (QED) is 0.475. The Hall–Kier alpha value is -1.14. The van der Waals surface area contributed by atoms with Crippen LogP contribution in [0.5, 0.6) is 0 Å². The second-order valence-corrected chi connectivity index (χ2v) is 5.96. The van der Waals surface area contributed by atoms with Gasteiger partial charge in [-0.15, -0.1) is 0 Å². The maximum absolute atomic E-state index is 12.2. The Kier molecular flexibility index (Phi) is 6.42. The Labute approximate surface area is 131 Å². The zero-order valence-corrected chi connectivity index (χ0v) is 13.6. The molecule has 1 N–H and O–H groups in total. The lowest BCUT2D eigenvalue weighted by atomic mass is 10.0. The third-order valence-electron chi connectivity index (χ3n) is 2.68. The predicted molar refractivity (Wildman–Crippen MR) is 82.6 cm³/mol. The molecule has 1 unspecified atom stereocenters. The Morgan fingerprint density at radius 3 is 2.65 bits per heavy atom. The number of nitrogens with zero attached hydrogens (tertiary/aromatic N) is 1. The monoisotopic (exact) mass is 362 g/mol. The molecule has 1 rings (SSSR count). The van der Waals surface area contributed by atoms with Crippen LogP contribution in [0.25, 0.3) is 0 Å². The molecule has 0 bridgehead atoms. The van der Waals surface area contributed by atoms with Crippen molar-refractivity contribution in [2.24, 2.45) is 5.92 Å². The molecule has 1 aromatic carbocycles. The van der Waals surface area contributed by atoms with Gasteiger partial charge in [-0.3, -0.25) is 14.9 Å². The number of rotatable bonds is 6. The van der Waals surface area contributed by atoms with E-state index in [4.69, 9.17) is 11.6 Å². The van der Waals surface area contributed by atoms with Gasteiger partial charge in [-0.1, -0.05) is 41.4 Å². The summed E-state index contributed by atoms with van der Waals surface area (Å²) in [7, 11) is 0. The van der Waals surface area contributed by atoms with E-state index in [1.807, 2.05) is 13.8 Å². The van der Waals surface area contributed by atoms with Crippen LogP contribution in [0.4, 0.5) is 5.69 Å². The molecule has 0 aliphatic heterocycles. The minimum Gasteiger partial charge on any atom is -0.348 e. The van der Waals surface area contributed by atoms with Crippen molar-refractivity contribution in [3.05, 3.63) is 38.9 Å². The van der Waals surface area contributed by atoms with Gasteiger partial charge in [0.1, 0.15) is 5.56 Å². The van der Waals surface area contributed by atoms with Gasteiger partial charge in [0.25, 0.3) is 11.6 Å². The largest absolute Gasteiger partial charge is 0.348 e. The number of amides is 1. The van der Waals surface area contributed by atoms with Gasteiger partial charge in [0.2, 0.25) is 0 Å². The van der Waals surface area contributed by atoms with E-state index < -0.39 is 10.8 Å². The fourth-order valence-electron chi connectivity index (χ4n) is 1.84. The summed E-state index contributed by atoms with van der Waals surface area (Å²) in [6, 6.07) is 3.87. The van der Waals surface area contributed by atoms with Crippen LogP contribution in [0.3, 0.4) is 0 Å². The second kappa shape index (κ2) is 7.59. The Morgan fingerprint density at radius 1 is 1.50 bits per heavy atom. The van der Waals surface area contributed by atoms with E-state index in [2.05, 4.69) is 21.2 Å². The van der Waals surface area contributed by atoms with Gasteiger partial charge < -0.3 is 5.32 Å². The van der Waals surface area contributed by atoms with Crippen molar-refractivity contribution >= 4 is 39.1 Å². The summed E-state index contributed by atoms with van der Waals surface area (Å²) in [4.78, 5) is 22.5. The summed E-state index contributed by atoms with van der Waals surface area (Å²) in [5, 5.41) is 14.6. The summed E-state index contributed by atoms with van der Waals surface area (Å²) in [6.45, 7) is 4.09. The third-order valence-corrected chi connectivity index (χ3v) is 3.69. The number of benzene rings is 1. The molecule has 0 saturated heterocycles. The molecule has 1 atom stereocenters. The molecule has 5 nitrogen and oxygen atoms in total. The summed E-state index contributed by atoms with van der Waals surface area (Å²) < 4.78 is 0. The van der Waals surface area contributed by atoms with Crippen molar-refractivity contribution in [3.63, 3.8) is 0 Å². The summed E-state index contributed by atoms with van der Waals surface area (Å²) in [6.07, 6.45) is 0.783. The van der Waals surface area contributed by atoms with Crippen LogP contribution in [0.2, 0.25) is 5.02 Å². The molecule has 0 aliphatic carbocycles. The van der Waals surface area contributed by atoms with Crippen LogP contribution in [-0.2, 0) is 0 Å². The summed E-state index contributed by atoms with van der Waals surface area (Å²) >= 11 is 9.14. The predicted octanol–water partition coefficient (Wildman–Crippen LogP) is 3.79. The molecule has 20 heavy (non-hydrogen) atoms. The fourth-order valence-corrected chi connectivity index (χ4v) is 2.44. The van der Waals surface area contributed by atoms with Gasteiger partial charge in [0, 0.05) is 22.5 Å². The van der Waals surface area contributed by atoms with Crippen LogP contribution in [0.1, 0.15) is 30.6 Å². The van der Waals surface area contributed by atoms with Crippen molar-refractivity contribution in [3.8, 4) is 0 Å². The van der Waals surface area contributed by atoms with Crippen molar-refractivity contribution in [1.29, 1.82) is 0 Å². The SMILES string of the molecule is CC(C)CC(CBr)NC(=O)c1cc(Cl)ccc1[N+](=O)[O-]. The van der Waals surface area contributed by atoms with Gasteiger partial charge >= 0.3 is 0 Å². The number of carbonyl (C=O) groups excluding carboxylic acids is 1. The van der Waals surface area contributed by atoms with Crippen molar-refractivity contribution in [2.45, 2.75) is 26.3 Å². The number of carbonyl (C=O) groups is 1. The van der Waals surface area contributed by atoms with Gasteiger partial charge in [0.05, 0.1) is 4.92 Å². The third kappa shape index (κ3) is 4.76. The molecule has 0 aliphatic rings. The first-order chi connectivity index (χ1) is 9.35. The average Bonchev–Trinajstić information content (AvgIpc) is 2.36. The molecule has 7 heteroatoms. The van der Waals surface area contributed by atoms with Crippen LogP contribution in [0.15, 0.2) is 18.2 Å². The zero-order chi connectivity index (χ0) is 15.3. The number of nitrogens with one attached hydrogen (secondary N) is 1. The standard InChI is InChI=1S/C13H16BrClN2O3/c1-8(2)5-10(7-14)16-13(18)11-6-9(15)3-4-12(11)17(19)20/h3-4,6,8,10H,5,7H2,1-2H3,(H,16,18). The van der Waals surface area contributed by atoms with Gasteiger partial charge in [0.15, 0.2) is 0 Å². The van der Waals surface area contributed by atoms with Gasteiger partial charge in [-0.25, -0.2) is 0 Å². The van der Waals surface area contributed by atoms with Crippen LogP contribution >= 0.6 is 27.5 Å². The lowest BCUT2D eigenvalue weighted by molar-refractivity contribution is -0.385. The molecule has 0 aromatic heterocycles. The molecule has 0 radical (unpaired) electrons. The number of nitro benzene ring substituents is 1. The highest BCUT2D eigenvalue weighted by Crippen LogP contribution is 2.23. The minimum atomic E-state index is -0.586. The topological polar surface area (TPSA) is 72.2 Å². The number of halogens is 2. The normalized spacial score (nSPS) is 12.2. The Balaban J connectivity index is 2.96. The van der Waals surface area contributed by atoms with Crippen molar-refractivity contribution in [2.75, 3.05) is 5.33 Å². The van der Waals surface area contributed by atoms with Gasteiger partial charge in [-0.2, -0.15) is 0 Å². The van der Waals surface area contributed by atoms with E-state index in [1.54, 1.807) is 0 Å². The summed E-state index contributed by atoms with van der Waals surface area (Å²) in [5.41, 5.74) is -0.262. The van der Waals surface area contributed by atoms with E-state index in [-0.39, 0.29) is 17.3 Å². The molecular formula is C13H16BrClN2O3. The van der Waals surface area contributed by atoms with E-state index >= 15 is 0 Å². The molecular weight excluding hydrogens is 348 g/mol. The lowest BCUT2D eigenvalue weighted by Crippen LogP contribution is -2.37. The molecule has 0 fully saturated rings. The van der Waals surface area contributed by atoms with Crippen LogP contribution < -0.4 is 5.32 Å². The molecule has 1 amide bonds. The highest BCUT2D eigenvalue weighted by Gasteiger charge is 2.22. The molecule has 1 aromatic rings. The maximum atomic E-state index is 12.2. The molecule has 0 saturated carbocycles. The van der Waals surface area contributed by atoms with Crippen LogP contribution in [0, 0.1) is 16.0 Å².